The number of carbonyl (C=O) groups is 1. The summed E-state index contributed by atoms with van der Waals surface area (Å²) >= 11 is 0. The zero-order valence-corrected chi connectivity index (χ0v) is 12.2. The summed E-state index contributed by atoms with van der Waals surface area (Å²) in [5.74, 6) is 1.24. The molecule has 20 heavy (non-hydrogen) atoms. The Kier molecular flexibility index (Phi) is 4.95. The average Bonchev–Trinajstić information content (AvgIpc) is 2.45. The minimum Gasteiger partial charge on any atom is -0.393 e. The van der Waals surface area contributed by atoms with Gasteiger partial charge in [0.2, 0.25) is 0 Å². The molecule has 0 aliphatic heterocycles. The molecule has 0 spiro atoms. The molecule has 1 amide bonds. The lowest BCUT2D eigenvalue weighted by atomic mass is 9.87. The van der Waals surface area contributed by atoms with Crippen LogP contribution in [-0.4, -0.2) is 47.6 Å². The Morgan fingerprint density at radius 3 is 2.85 bits per heavy atom. The van der Waals surface area contributed by atoms with Gasteiger partial charge in [0.15, 0.2) is 0 Å². The van der Waals surface area contributed by atoms with Crippen LogP contribution in [0.2, 0.25) is 0 Å². The molecule has 0 aromatic carbocycles. The third-order valence-corrected chi connectivity index (χ3v) is 3.74. The van der Waals surface area contributed by atoms with Crippen LogP contribution >= 0.6 is 0 Å². The van der Waals surface area contributed by atoms with Crippen LogP contribution < -0.4 is 5.32 Å². The SMILES string of the molecule is CN(C)C(=O)c1ccc(NCC2CCCC(O)C2)nc1. The van der Waals surface area contributed by atoms with Gasteiger partial charge < -0.3 is 15.3 Å². The van der Waals surface area contributed by atoms with Crippen molar-refractivity contribution < 1.29 is 9.90 Å². The average molecular weight is 277 g/mol. The highest BCUT2D eigenvalue weighted by atomic mass is 16.3. The molecule has 2 unspecified atom stereocenters. The van der Waals surface area contributed by atoms with Crippen LogP contribution in [-0.2, 0) is 0 Å². The van der Waals surface area contributed by atoms with E-state index in [9.17, 15) is 9.90 Å². The van der Waals surface area contributed by atoms with Gasteiger partial charge in [0, 0.05) is 26.8 Å². The Morgan fingerprint density at radius 2 is 2.25 bits per heavy atom. The molecule has 2 N–H and O–H groups in total. The number of aromatic nitrogens is 1. The first-order valence-corrected chi connectivity index (χ1v) is 7.16. The molecule has 1 aliphatic carbocycles. The van der Waals surface area contributed by atoms with Gasteiger partial charge in [0.05, 0.1) is 11.7 Å². The van der Waals surface area contributed by atoms with Crippen molar-refractivity contribution in [2.45, 2.75) is 31.8 Å². The summed E-state index contributed by atoms with van der Waals surface area (Å²) in [5.41, 5.74) is 0.591. The zero-order chi connectivity index (χ0) is 14.5. The van der Waals surface area contributed by atoms with Gasteiger partial charge in [-0.25, -0.2) is 4.98 Å². The van der Waals surface area contributed by atoms with Gasteiger partial charge in [-0.15, -0.1) is 0 Å². The van der Waals surface area contributed by atoms with Gasteiger partial charge >= 0.3 is 0 Å². The number of pyridine rings is 1. The van der Waals surface area contributed by atoms with E-state index in [0.717, 1.165) is 38.0 Å². The molecule has 2 atom stereocenters. The number of anilines is 1. The van der Waals surface area contributed by atoms with Crippen LogP contribution in [0.5, 0.6) is 0 Å². The summed E-state index contributed by atoms with van der Waals surface area (Å²) in [4.78, 5) is 17.5. The van der Waals surface area contributed by atoms with E-state index in [1.807, 2.05) is 6.07 Å². The van der Waals surface area contributed by atoms with Crippen molar-refractivity contribution >= 4 is 11.7 Å². The van der Waals surface area contributed by atoms with Gasteiger partial charge in [-0.2, -0.15) is 0 Å². The summed E-state index contributed by atoms with van der Waals surface area (Å²) in [6.45, 7) is 0.824. The van der Waals surface area contributed by atoms with Crippen molar-refractivity contribution in [1.82, 2.24) is 9.88 Å². The smallest absolute Gasteiger partial charge is 0.254 e. The van der Waals surface area contributed by atoms with Crippen molar-refractivity contribution in [2.24, 2.45) is 5.92 Å². The summed E-state index contributed by atoms with van der Waals surface area (Å²) < 4.78 is 0. The monoisotopic (exact) mass is 277 g/mol. The number of hydrogen-bond acceptors (Lipinski definition) is 4. The van der Waals surface area contributed by atoms with Crippen LogP contribution in [0.25, 0.3) is 0 Å². The predicted molar refractivity (Wildman–Crippen MR) is 78.7 cm³/mol. The largest absolute Gasteiger partial charge is 0.393 e. The first-order valence-electron chi connectivity index (χ1n) is 7.16. The first-order chi connectivity index (χ1) is 9.56. The molecule has 5 nitrogen and oxygen atoms in total. The zero-order valence-electron chi connectivity index (χ0n) is 12.2. The molecule has 110 valence electrons. The molecule has 1 fully saturated rings. The van der Waals surface area contributed by atoms with Crippen molar-refractivity contribution in [2.75, 3.05) is 26.0 Å². The van der Waals surface area contributed by atoms with Gasteiger partial charge in [0.25, 0.3) is 5.91 Å². The summed E-state index contributed by atoms with van der Waals surface area (Å²) in [7, 11) is 3.45. The van der Waals surface area contributed by atoms with E-state index in [0.29, 0.717) is 11.5 Å². The number of hydrogen-bond donors (Lipinski definition) is 2. The third-order valence-electron chi connectivity index (χ3n) is 3.74. The molecule has 0 radical (unpaired) electrons. The molecule has 2 rings (SSSR count). The number of amides is 1. The Labute approximate surface area is 120 Å². The van der Waals surface area contributed by atoms with Gasteiger partial charge in [0.1, 0.15) is 5.82 Å². The number of carbonyl (C=O) groups excluding carboxylic acids is 1. The normalized spacial score (nSPS) is 22.4. The number of aliphatic hydroxyl groups is 1. The van der Waals surface area contributed by atoms with E-state index in [1.165, 1.54) is 4.90 Å². The molecule has 1 aliphatic rings. The minimum atomic E-state index is -0.149. The summed E-state index contributed by atoms with van der Waals surface area (Å²) in [6, 6.07) is 3.61. The highest BCUT2D eigenvalue weighted by molar-refractivity contribution is 5.93. The minimum absolute atomic E-state index is 0.0422. The molecule has 1 heterocycles. The van der Waals surface area contributed by atoms with Crippen molar-refractivity contribution in [3.63, 3.8) is 0 Å². The second kappa shape index (κ2) is 6.70. The van der Waals surface area contributed by atoms with Crippen molar-refractivity contribution in [1.29, 1.82) is 0 Å². The van der Waals surface area contributed by atoms with E-state index < -0.39 is 0 Å². The summed E-state index contributed by atoms with van der Waals surface area (Å²) in [5, 5.41) is 12.9. The molecular weight excluding hydrogens is 254 g/mol. The van der Waals surface area contributed by atoms with E-state index in [4.69, 9.17) is 0 Å². The van der Waals surface area contributed by atoms with Crippen molar-refractivity contribution in [3.05, 3.63) is 23.9 Å². The fraction of sp³-hybridized carbons (Fsp3) is 0.600. The highest BCUT2D eigenvalue weighted by Gasteiger charge is 2.19. The Morgan fingerprint density at radius 1 is 1.45 bits per heavy atom. The molecule has 1 aromatic heterocycles. The third kappa shape index (κ3) is 3.93. The molecule has 0 bridgehead atoms. The van der Waals surface area contributed by atoms with Crippen molar-refractivity contribution in [3.8, 4) is 0 Å². The van der Waals surface area contributed by atoms with E-state index in [2.05, 4.69) is 10.3 Å². The fourth-order valence-electron chi connectivity index (χ4n) is 2.58. The van der Waals surface area contributed by atoms with Gasteiger partial charge in [-0.05, 0) is 37.3 Å². The van der Waals surface area contributed by atoms with Gasteiger partial charge in [-0.1, -0.05) is 6.42 Å². The maximum Gasteiger partial charge on any atom is 0.254 e. The number of rotatable bonds is 4. The molecule has 1 aromatic rings. The number of nitrogens with one attached hydrogen (secondary N) is 1. The number of nitrogens with zero attached hydrogens (tertiary/aromatic N) is 2. The molecular formula is C15H23N3O2. The quantitative estimate of drug-likeness (QED) is 0.880. The van der Waals surface area contributed by atoms with E-state index >= 15 is 0 Å². The lowest BCUT2D eigenvalue weighted by molar-refractivity contribution is 0.0827. The second-order valence-corrected chi connectivity index (χ2v) is 5.70. The second-order valence-electron chi connectivity index (χ2n) is 5.70. The van der Waals surface area contributed by atoms with Gasteiger partial charge in [-0.3, -0.25) is 4.79 Å². The maximum atomic E-state index is 11.7. The first kappa shape index (κ1) is 14.8. The maximum absolute atomic E-state index is 11.7. The standard InChI is InChI=1S/C15H23N3O2/c1-18(2)15(20)12-6-7-14(17-10-12)16-9-11-4-3-5-13(19)8-11/h6-7,10-11,13,19H,3-5,8-9H2,1-2H3,(H,16,17). The number of aliphatic hydroxyl groups excluding tert-OH is 1. The molecule has 1 saturated carbocycles. The van der Waals surface area contributed by atoms with Crippen LogP contribution in [0.3, 0.4) is 0 Å². The lowest BCUT2D eigenvalue weighted by Crippen LogP contribution is -2.25. The van der Waals surface area contributed by atoms with Crippen LogP contribution in [0.4, 0.5) is 5.82 Å². The molecule has 5 heteroatoms. The van der Waals surface area contributed by atoms with Crippen LogP contribution in [0.15, 0.2) is 18.3 Å². The summed E-state index contributed by atoms with van der Waals surface area (Å²) in [6.07, 6.45) is 5.49. The highest BCUT2D eigenvalue weighted by Crippen LogP contribution is 2.24. The Balaban J connectivity index is 1.86. The topological polar surface area (TPSA) is 65.5 Å². The predicted octanol–water partition coefficient (Wildman–Crippen LogP) is 1.75. The van der Waals surface area contributed by atoms with Crippen LogP contribution in [0.1, 0.15) is 36.0 Å². The lowest BCUT2D eigenvalue weighted by Gasteiger charge is -2.26. The fourth-order valence-corrected chi connectivity index (χ4v) is 2.58. The Bertz CT molecular complexity index is 445. The Hall–Kier alpha value is -1.62. The van der Waals surface area contributed by atoms with Crippen LogP contribution in [0, 0.1) is 5.92 Å². The van der Waals surface area contributed by atoms with E-state index in [1.54, 1.807) is 26.4 Å². The van der Waals surface area contributed by atoms with E-state index in [-0.39, 0.29) is 12.0 Å². The molecule has 0 saturated heterocycles.